The van der Waals surface area contributed by atoms with Gasteiger partial charge in [-0.2, -0.15) is 23.1 Å². The highest BCUT2D eigenvalue weighted by molar-refractivity contribution is 7.99. The summed E-state index contributed by atoms with van der Waals surface area (Å²) >= 11 is 4.95. The van der Waals surface area contributed by atoms with Crippen molar-refractivity contribution < 1.29 is 9.59 Å². The molecular weight excluding hydrogens is 386 g/mol. The maximum absolute atomic E-state index is 13.2. The van der Waals surface area contributed by atoms with E-state index >= 15 is 0 Å². The monoisotopic (exact) mass is 407 g/mol. The molecule has 0 spiro atoms. The lowest BCUT2D eigenvalue weighted by atomic mass is 10.2. The van der Waals surface area contributed by atoms with Crippen LogP contribution < -0.4 is 0 Å². The first-order valence-electron chi connectivity index (χ1n) is 8.82. The zero-order valence-corrected chi connectivity index (χ0v) is 17.1. The molecule has 0 aliphatic carbocycles. The summed E-state index contributed by atoms with van der Waals surface area (Å²) in [6, 6.07) is 1.71. The summed E-state index contributed by atoms with van der Waals surface area (Å²) in [5.74, 6) is 2.06. The van der Waals surface area contributed by atoms with Crippen LogP contribution in [-0.2, 0) is 4.79 Å². The molecule has 26 heavy (non-hydrogen) atoms. The fourth-order valence-corrected chi connectivity index (χ4v) is 6.13. The van der Waals surface area contributed by atoms with Gasteiger partial charge in [0.25, 0.3) is 5.91 Å². The number of nitrogens with zero attached hydrogens (tertiary/aromatic N) is 3. The Morgan fingerprint density at radius 3 is 2.77 bits per heavy atom. The van der Waals surface area contributed by atoms with Crippen LogP contribution in [0.15, 0.2) is 16.8 Å². The van der Waals surface area contributed by atoms with Gasteiger partial charge in [0.1, 0.15) is 15.9 Å². The van der Waals surface area contributed by atoms with Crippen LogP contribution in [0.3, 0.4) is 0 Å². The average molecular weight is 408 g/mol. The highest BCUT2D eigenvalue weighted by atomic mass is 32.2. The summed E-state index contributed by atoms with van der Waals surface area (Å²) in [6.45, 7) is 4.13. The van der Waals surface area contributed by atoms with Crippen molar-refractivity contribution in [3.8, 4) is 10.6 Å². The quantitative estimate of drug-likeness (QED) is 0.783. The Morgan fingerprint density at radius 1 is 1.23 bits per heavy atom. The Morgan fingerprint density at radius 2 is 2.04 bits per heavy atom. The minimum absolute atomic E-state index is 0.0382. The number of rotatable bonds is 3. The smallest absolute Gasteiger partial charge is 0.266 e. The number of likely N-dealkylation sites (tertiary alicyclic amines) is 1. The first-order valence-corrected chi connectivity index (χ1v) is 11.7. The van der Waals surface area contributed by atoms with Gasteiger partial charge in [0.2, 0.25) is 5.91 Å². The second-order valence-corrected chi connectivity index (χ2v) is 9.54. The van der Waals surface area contributed by atoms with Crippen molar-refractivity contribution in [2.45, 2.75) is 25.8 Å². The van der Waals surface area contributed by atoms with Crippen molar-refractivity contribution >= 4 is 46.2 Å². The first kappa shape index (κ1) is 18.0. The number of thiophene rings is 1. The van der Waals surface area contributed by atoms with Gasteiger partial charge in [-0.3, -0.25) is 9.59 Å². The molecule has 2 fully saturated rings. The molecule has 2 aliphatic rings. The van der Waals surface area contributed by atoms with E-state index in [0.717, 1.165) is 53.7 Å². The van der Waals surface area contributed by atoms with E-state index in [-0.39, 0.29) is 17.9 Å². The molecule has 0 saturated carbocycles. The molecule has 0 unspecified atom stereocenters. The molecule has 0 N–H and O–H groups in total. The molecule has 5 nitrogen and oxygen atoms in total. The Labute approximate surface area is 165 Å². The van der Waals surface area contributed by atoms with Crippen LogP contribution in [0.5, 0.6) is 0 Å². The van der Waals surface area contributed by atoms with Gasteiger partial charge >= 0.3 is 0 Å². The van der Waals surface area contributed by atoms with Gasteiger partial charge in [0, 0.05) is 42.1 Å². The zero-order valence-electron chi connectivity index (χ0n) is 14.6. The highest BCUT2D eigenvalue weighted by Crippen LogP contribution is 2.32. The van der Waals surface area contributed by atoms with Crippen LogP contribution in [0.4, 0.5) is 0 Å². The van der Waals surface area contributed by atoms with Crippen molar-refractivity contribution in [1.82, 2.24) is 14.8 Å². The van der Waals surface area contributed by atoms with Gasteiger partial charge in [-0.05, 0) is 31.2 Å². The summed E-state index contributed by atoms with van der Waals surface area (Å²) in [7, 11) is 0. The van der Waals surface area contributed by atoms with E-state index in [1.807, 2.05) is 40.4 Å². The van der Waals surface area contributed by atoms with Gasteiger partial charge in [0.15, 0.2) is 0 Å². The second-order valence-electron chi connectivity index (χ2n) is 6.54. The molecule has 2 aromatic heterocycles. The molecule has 4 rings (SSSR count). The molecule has 1 atom stereocenters. The lowest BCUT2D eigenvalue weighted by molar-refractivity contribution is -0.134. The average Bonchev–Trinajstić information content (AvgIpc) is 3.41. The van der Waals surface area contributed by atoms with Gasteiger partial charge < -0.3 is 9.80 Å². The molecule has 0 radical (unpaired) electrons. The van der Waals surface area contributed by atoms with Crippen molar-refractivity contribution in [2.75, 3.05) is 31.1 Å². The van der Waals surface area contributed by atoms with E-state index in [2.05, 4.69) is 4.98 Å². The predicted octanol–water partition coefficient (Wildman–Crippen LogP) is 3.36. The minimum atomic E-state index is -0.309. The normalized spacial score (nSPS) is 20.6. The van der Waals surface area contributed by atoms with Crippen molar-refractivity contribution in [3.63, 3.8) is 0 Å². The fourth-order valence-electron chi connectivity index (χ4n) is 3.50. The van der Waals surface area contributed by atoms with Gasteiger partial charge in [0.05, 0.1) is 5.69 Å². The SMILES string of the molecule is Cc1nc(-c2ccsc2)sc1C(=O)N1CCC[C@@H]1C(=O)N1CCSCC1. The van der Waals surface area contributed by atoms with Crippen LogP contribution in [0.2, 0.25) is 0 Å². The second kappa shape index (κ2) is 7.70. The van der Waals surface area contributed by atoms with Crippen molar-refractivity contribution in [2.24, 2.45) is 0 Å². The number of aromatic nitrogens is 1. The Hall–Kier alpha value is -1.38. The molecule has 4 heterocycles. The largest absolute Gasteiger partial charge is 0.339 e. The summed E-state index contributed by atoms with van der Waals surface area (Å²) in [4.78, 5) is 35.1. The number of thiazole rings is 1. The van der Waals surface area contributed by atoms with E-state index in [4.69, 9.17) is 0 Å². The maximum Gasteiger partial charge on any atom is 0.266 e. The predicted molar refractivity (Wildman–Crippen MR) is 108 cm³/mol. The topological polar surface area (TPSA) is 53.5 Å². The van der Waals surface area contributed by atoms with Crippen molar-refractivity contribution in [1.29, 1.82) is 0 Å². The summed E-state index contributed by atoms with van der Waals surface area (Å²) in [6.07, 6.45) is 1.66. The number of thioether (sulfide) groups is 1. The lowest BCUT2D eigenvalue weighted by Gasteiger charge is -2.32. The van der Waals surface area contributed by atoms with E-state index in [1.54, 1.807) is 16.2 Å². The molecule has 2 saturated heterocycles. The molecule has 0 aromatic carbocycles. The van der Waals surface area contributed by atoms with E-state index in [0.29, 0.717) is 11.4 Å². The Kier molecular flexibility index (Phi) is 5.33. The van der Waals surface area contributed by atoms with Gasteiger partial charge in [-0.25, -0.2) is 4.98 Å². The van der Waals surface area contributed by atoms with Gasteiger partial charge in [-0.1, -0.05) is 0 Å². The molecule has 2 aromatic rings. The van der Waals surface area contributed by atoms with Crippen LogP contribution in [0, 0.1) is 6.92 Å². The van der Waals surface area contributed by atoms with E-state index in [1.165, 1.54) is 11.3 Å². The zero-order chi connectivity index (χ0) is 18.1. The van der Waals surface area contributed by atoms with E-state index in [9.17, 15) is 9.59 Å². The molecule has 0 bridgehead atoms. The van der Waals surface area contributed by atoms with Crippen LogP contribution in [0.25, 0.3) is 10.6 Å². The standard InChI is InChI=1S/C18H21N3O2S3/c1-12-15(26-16(19-12)13-4-8-25-11-13)18(23)21-5-2-3-14(21)17(22)20-6-9-24-10-7-20/h4,8,11,14H,2-3,5-7,9-10H2,1H3/t14-/m1/s1. The third kappa shape index (κ3) is 3.42. The number of amides is 2. The Bertz CT molecular complexity index is 797. The number of carbonyl (C=O) groups is 2. The molecule has 138 valence electrons. The van der Waals surface area contributed by atoms with Gasteiger partial charge in [-0.15, -0.1) is 11.3 Å². The molecule has 2 aliphatic heterocycles. The summed E-state index contributed by atoms with van der Waals surface area (Å²) in [5, 5.41) is 4.94. The highest BCUT2D eigenvalue weighted by Gasteiger charge is 2.38. The van der Waals surface area contributed by atoms with Crippen LogP contribution >= 0.6 is 34.4 Å². The Balaban J connectivity index is 1.54. The number of aryl methyl sites for hydroxylation is 1. The lowest BCUT2D eigenvalue weighted by Crippen LogP contribution is -2.50. The van der Waals surface area contributed by atoms with Crippen LogP contribution in [0.1, 0.15) is 28.2 Å². The number of carbonyl (C=O) groups excluding carboxylic acids is 2. The molecule has 2 amide bonds. The number of hydrogen-bond acceptors (Lipinski definition) is 6. The fraction of sp³-hybridized carbons (Fsp3) is 0.500. The minimum Gasteiger partial charge on any atom is -0.339 e. The van der Waals surface area contributed by atoms with Crippen molar-refractivity contribution in [3.05, 3.63) is 27.4 Å². The molecular formula is C18H21N3O2S3. The van der Waals surface area contributed by atoms with Crippen LogP contribution in [-0.4, -0.2) is 63.8 Å². The summed E-state index contributed by atoms with van der Waals surface area (Å²) < 4.78 is 0. The number of hydrogen-bond donors (Lipinski definition) is 0. The maximum atomic E-state index is 13.2. The third-order valence-corrected chi connectivity index (χ3v) is 7.70. The molecule has 8 heteroatoms. The summed E-state index contributed by atoms with van der Waals surface area (Å²) in [5.41, 5.74) is 1.82. The first-order chi connectivity index (χ1) is 12.6. The third-order valence-electron chi connectivity index (χ3n) is 4.88. The van der Waals surface area contributed by atoms with E-state index < -0.39 is 0 Å².